The van der Waals surface area contributed by atoms with Crippen molar-refractivity contribution in [2.45, 2.75) is 26.2 Å². The zero-order valence-corrected chi connectivity index (χ0v) is 16.4. The lowest BCUT2D eigenvalue weighted by atomic mass is 9.97. The smallest absolute Gasteiger partial charge is 0.259 e. The highest BCUT2D eigenvalue weighted by molar-refractivity contribution is 5.79. The number of amides is 1. The van der Waals surface area contributed by atoms with Crippen molar-refractivity contribution in [3.63, 3.8) is 0 Å². The fraction of sp³-hybridized carbons (Fsp3) is 0.381. The van der Waals surface area contributed by atoms with Crippen LogP contribution in [-0.4, -0.2) is 45.7 Å². The van der Waals surface area contributed by atoms with E-state index in [2.05, 4.69) is 30.3 Å². The fourth-order valence-electron chi connectivity index (χ4n) is 3.52. The van der Waals surface area contributed by atoms with Gasteiger partial charge in [0.25, 0.3) is 5.89 Å². The molecule has 1 fully saturated rings. The van der Waals surface area contributed by atoms with Crippen molar-refractivity contribution in [3.05, 3.63) is 54.2 Å². The lowest BCUT2D eigenvalue weighted by molar-refractivity contribution is -0.125. The summed E-state index contributed by atoms with van der Waals surface area (Å²) in [7, 11) is 0. The molecule has 4 heterocycles. The SMILES string of the molecule is Cc1noc(-c2ccc(N3CCCC(C(=O)NCCc4ccccn4)C3)nc2)n1. The van der Waals surface area contributed by atoms with Gasteiger partial charge < -0.3 is 14.7 Å². The molecule has 1 atom stereocenters. The standard InChI is InChI=1S/C21H24N6O2/c1-15-25-21(29-26-15)16-7-8-19(24-13-16)27-12-4-5-17(14-27)20(28)23-11-9-18-6-2-3-10-22-18/h2-3,6-8,10,13,17H,4-5,9,11-12,14H2,1H3,(H,23,28). The third kappa shape index (κ3) is 4.77. The van der Waals surface area contributed by atoms with Crippen LogP contribution in [0.25, 0.3) is 11.5 Å². The van der Waals surface area contributed by atoms with Gasteiger partial charge in [-0.25, -0.2) is 4.98 Å². The number of aromatic nitrogens is 4. The molecule has 3 aromatic rings. The molecule has 1 saturated heterocycles. The van der Waals surface area contributed by atoms with E-state index in [0.717, 1.165) is 42.9 Å². The number of rotatable bonds is 6. The Labute approximate surface area is 169 Å². The maximum absolute atomic E-state index is 12.6. The predicted molar refractivity (Wildman–Crippen MR) is 108 cm³/mol. The summed E-state index contributed by atoms with van der Waals surface area (Å²) in [6, 6.07) is 9.69. The number of anilines is 1. The van der Waals surface area contributed by atoms with E-state index in [1.165, 1.54) is 0 Å². The molecule has 1 aliphatic rings. The molecule has 0 aromatic carbocycles. The summed E-state index contributed by atoms with van der Waals surface area (Å²) < 4.78 is 5.18. The molecule has 8 nitrogen and oxygen atoms in total. The second-order valence-corrected chi connectivity index (χ2v) is 7.20. The highest BCUT2D eigenvalue weighted by Gasteiger charge is 2.26. The zero-order valence-electron chi connectivity index (χ0n) is 16.4. The van der Waals surface area contributed by atoms with Crippen LogP contribution in [-0.2, 0) is 11.2 Å². The summed E-state index contributed by atoms with van der Waals surface area (Å²) >= 11 is 0. The van der Waals surface area contributed by atoms with Crippen molar-refractivity contribution in [1.82, 2.24) is 25.4 Å². The Bertz CT molecular complexity index is 941. The van der Waals surface area contributed by atoms with E-state index in [0.29, 0.717) is 24.8 Å². The summed E-state index contributed by atoms with van der Waals surface area (Å²) in [4.78, 5) is 27.8. The number of piperidine rings is 1. The van der Waals surface area contributed by atoms with Gasteiger partial charge >= 0.3 is 0 Å². The van der Waals surface area contributed by atoms with E-state index >= 15 is 0 Å². The molecule has 0 aliphatic carbocycles. The summed E-state index contributed by atoms with van der Waals surface area (Å²) in [5.41, 5.74) is 1.77. The topological polar surface area (TPSA) is 97.0 Å². The molecule has 0 spiro atoms. The highest BCUT2D eigenvalue weighted by Crippen LogP contribution is 2.24. The van der Waals surface area contributed by atoms with E-state index in [-0.39, 0.29) is 11.8 Å². The molecule has 0 bridgehead atoms. The van der Waals surface area contributed by atoms with E-state index < -0.39 is 0 Å². The molecule has 3 aromatic heterocycles. The molecule has 1 unspecified atom stereocenters. The molecule has 1 aliphatic heterocycles. The summed E-state index contributed by atoms with van der Waals surface area (Å²) in [6.07, 6.45) is 6.10. The fourth-order valence-corrected chi connectivity index (χ4v) is 3.52. The van der Waals surface area contributed by atoms with Crippen molar-refractivity contribution in [1.29, 1.82) is 0 Å². The van der Waals surface area contributed by atoms with Gasteiger partial charge in [-0.15, -0.1) is 0 Å². The predicted octanol–water partition coefficient (Wildman–Crippen LogP) is 2.41. The van der Waals surface area contributed by atoms with Gasteiger partial charge in [-0.1, -0.05) is 11.2 Å². The first-order valence-electron chi connectivity index (χ1n) is 9.88. The Hall–Kier alpha value is -3.29. The van der Waals surface area contributed by atoms with Gasteiger partial charge in [-0.05, 0) is 44.0 Å². The molecular formula is C21H24N6O2. The van der Waals surface area contributed by atoms with Crippen molar-refractivity contribution in [3.8, 4) is 11.5 Å². The number of hydrogen-bond donors (Lipinski definition) is 1. The van der Waals surface area contributed by atoms with Crippen LogP contribution in [0.4, 0.5) is 5.82 Å². The molecule has 4 rings (SSSR count). The minimum atomic E-state index is -0.0347. The summed E-state index contributed by atoms with van der Waals surface area (Å²) in [5.74, 6) is 1.98. The number of nitrogens with one attached hydrogen (secondary N) is 1. The highest BCUT2D eigenvalue weighted by atomic mass is 16.5. The number of hydrogen-bond acceptors (Lipinski definition) is 7. The van der Waals surface area contributed by atoms with Crippen LogP contribution in [0.2, 0.25) is 0 Å². The van der Waals surface area contributed by atoms with Gasteiger partial charge in [0.05, 0.1) is 11.5 Å². The Kier molecular flexibility index (Phi) is 5.79. The Morgan fingerprint density at radius 1 is 1.28 bits per heavy atom. The Morgan fingerprint density at radius 2 is 2.21 bits per heavy atom. The second kappa shape index (κ2) is 8.81. The zero-order chi connectivity index (χ0) is 20.1. The third-order valence-corrected chi connectivity index (χ3v) is 5.05. The number of carbonyl (C=O) groups is 1. The molecule has 0 radical (unpaired) electrons. The molecule has 150 valence electrons. The van der Waals surface area contributed by atoms with Crippen LogP contribution in [0.15, 0.2) is 47.2 Å². The number of nitrogens with zero attached hydrogens (tertiary/aromatic N) is 5. The van der Waals surface area contributed by atoms with Crippen LogP contribution in [0.1, 0.15) is 24.4 Å². The van der Waals surface area contributed by atoms with Crippen LogP contribution in [0.3, 0.4) is 0 Å². The quantitative estimate of drug-likeness (QED) is 0.688. The second-order valence-electron chi connectivity index (χ2n) is 7.20. The van der Waals surface area contributed by atoms with Crippen LogP contribution in [0, 0.1) is 12.8 Å². The first kappa shape index (κ1) is 19.0. The summed E-state index contributed by atoms with van der Waals surface area (Å²) in [5, 5.41) is 6.86. The van der Waals surface area contributed by atoms with E-state index in [9.17, 15) is 4.79 Å². The van der Waals surface area contributed by atoms with E-state index in [1.54, 1.807) is 19.3 Å². The largest absolute Gasteiger partial charge is 0.356 e. The first-order chi connectivity index (χ1) is 14.2. The Morgan fingerprint density at radius 3 is 2.93 bits per heavy atom. The number of aryl methyl sites for hydroxylation is 1. The van der Waals surface area contributed by atoms with Gasteiger partial charge in [0, 0.05) is 44.1 Å². The minimum Gasteiger partial charge on any atom is -0.356 e. The van der Waals surface area contributed by atoms with Gasteiger partial charge in [0.2, 0.25) is 5.91 Å². The normalized spacial score (nSPS) is 16.6. The molecular weight excluding hydrogens is 368 g/mol. The molecule has 1 N–H and O–H groups in total. The molecule has 0 saturated carbocycles. The number of carbonyl (C=O) groups excluding carboxylic acids is 1. The summed E-state index contributed by atoms with van der Waals surface area (Å²) in [6.45, 7) is 3.94. The van der Waals surface area contributed by atoms with Crippen LogP contribution < -0.4 is 10.2 Å². The van der Waals surface area contributed by atoms with Crippen molar-refractivity contribution in [2.24, 2.45) is 5.92 Å². The van der Waals surface area contributed by atoms with Crippen molar-refractivity contribution >= 4 is 11.7 Å². The molecule has 8 heteroatoms. The monoisotopic (exact) mass is 392 g/mol. The average molecular weight is 392 g/mol. The van der Waals surface area contributed by atoms with Crippen molar-refractivity contribution in [2.75, 3.05) is 24.5 Å². The van der Waals surface area contributed by atoms with Gasteiger partial charge in [0.15, 0.2) is 5.82 Å². The first-order valence-corrected chi connectivity index (χ1v) is 9.88. The van der Waals surface area contributed by atoms with Gasteiger partial charge in [-0.3, -0.25) is 9.78 Å². The molecule has 29 heavy (non-hydrogen) atoms. The average Bonchev–Trinajstić information content (AvgIpc) is 3.21. The van der Waals surface area contributed by atoms with Gasteiger partial charge in [0.1, 0.15) is 5.82 Å². The van der Waals surface area contributed by atoms with Crippen LogP contribution in [0.5, 0.6) is 0 Å². The van der Waals surface area contributed by atoms with Crippen LogP contribution >= 0.6 is 0 Å². The number of pyridine rings is 2. The molecule has 1 amide bonds. The third-order valence-electron chi connectivity index (χ3n) is 5.05. The Balaban J connectivity index is 1.32. The maximum Gasteiger partial charge on any atom is 0.259 e. The lowest BCUT2D eigenvalue weighted by Gasteiger charge is -2.32. The van der Waals surface area contributed by atoms with E-state index in [4.69, 9.17) is 4.52 Å². The minimum absolute atomic E-state index is 0.0347. The van der Waals surface area contributed by atoms with Crippen molar-refractivity contribution < 1.29 is 9.32 Å². The van der Waals surface area contributed by atoms with E-state index in [1.807, 2.05) is 30.3 Å². The lowest BCUT2D eigenvalue weighted by Crippen LogP contribution is -2.43. The van der Waals surface area contributed by atoms with Gasteiger partial charge in [-0.2, -0.15) is 4.98 Å². The maximum atomic E-state index is 12.6.